The molecule has 76 valence electrons. The maximum Gasteiger partial charge on any atom is 0.326 e. The molecule has 0 bridgehead atoms. The first kappa shape index (κ1) is 10.5. The van der Waals surface area contributed by atoms with Crippen molar-refractivity contribution in [2.75, 3.05) is 0 Å². The zero-order valence-corrected chi connectivity index (χ0v) is 8.72. The Morgan fingerprint density at radius 1 is 1.38 bits per heavy atom. The molecule has 1 rings (SSSR count). The van der Waals surface area contributed by atoms with E-state index in [0.29, 0.717) is 0 Å². The number of ether oxygens (including phenoxy) is 1. The maximum atomic E-state index is 11.5. The molecule has 0 aromatic rings. The first-order valence-electron chi connectivity index (χ1n) is 4.86. The number of hydrogen-bond donors (Lipinski definition) is 1. The summed E-state index contributed by atoms with van der Waals surface area (Å²) in [5, 5.41) is 0. The van der Waals surface area contributed by atoms with Crippen LogP contribution in [0.1, 0.15) is 46.5 Å². The summed E-state index contributed by atoms with van der Waals surface area (Å²) in [7, 11) is 0. The molecule has 0 spiro atoms. The van der Waals surface area contributed by atoms with Gasteiger partial charge >= 0.3 is 5.97 Å². The van der Waals surface area contributed by atoms with Crippen LogP contribution < -0.4 is 5.73 Å². The number of carbonyl (C=O) groups excluding carboxylic acids is 1. The zero-order chi connectivity index (χ0) is 10.1. The van der Waals surface area contributed by atoms with Gasteiger partial charge in [-0.3, -0.25) is 4.79 Å². The maximum absolute atomic E-state index is 11.5. The summed E-state index contributed by atoms with van der Waals surface area (Å²) in [6, 6.07) is 0. The monoisotopic (exact) mass is 185 g/mol. The lowest BCUT2D eigenvalue weighted by Gasteiger charge is -2.28. The van der Waals surface area contributed by atoms with Gasteiger partial charge in [-0.05, 0) is 46.5 Å². The molecule has 0 aliphatic heterocycles. The summed E-state index contributed by atoms with van der Waals surface area (Å²) in [6.45, 7) is 5.34. The molecule has 2 N–H and O–H groups in total. The highest BCUT2D eigenvalue weighted by Crippen LogP contribution is 2.33. The highest BCUT2D eigenvalue weighted by atomic mass is 16.6. The summed E-state index contributed by atoms with van der Waals surface area (Å²) < 4.78 is 5.40. The number of rotatable bonds is 2. The Hall–Kier alpha value is -0.570. The molecule has 0 aromatic heterocycles. The summed E-state index contributed by atoms with van der Waals surface area (Å²) in [4.78, 5) is 11.5. The van der Waals surface area contributed by atoms with Gasteiger partial charge in [0.1, 0.15) is 11.1 Å². The Labute approximate surface area is 79.6 Å². The lowest BCUT2D eigenvalue weighted by molar-refractivity contribution is -0.162. The van der Waals surface area contributed by atoms with Crippen molar-refractivity contribution >= 4 is 5.97 Å². The first-order chi connectivity index (χ1) is 5.83. The number of carbonyl (C=O) groups is 1. The molecule has 3 nitrogen and oxygen atoms in total. The van der Waals surface area contributed by atoms with E-state index in [1.807, 2.05) is 6.92 Å². The normalized spacial score (nSPS) is 21.5. The standard InChI is InChI=1S/C10H19NO2/c1-9(2,11)8(12)13-10(3)6-4-5-7-10/h4-7,11H2,1-3H3. The third-order valence-electron chi connectivity index (χ3n) is 2.53. The van der Waals surface area contributed by atoms with Crippen LogP contribution in [0.15, 0.2) is 0 Å². The van der Waals surface area contributed by atoms with Gasteiger partial charge in [0.05, 0.1) is 0 Å². The van der Waals surface area contributed by atoms with E-state index >= 15 is 0 Å². The topological polar surface area (TPSA) is 52.3 Å². The largest absolute Gasteiger partial charge is 0.458 e. The second kappa shape index (κ2) is 3.29. The molecule has 3 heteroatoms. The summed E-state index contributed by atoms with van der Waals surface area (Å²) in [6.07, 6.45) is 4.23. The van der Waals surface area contributed by atoms with Crippen molar-refractivity contribution in [3.63, 3.8) is 0 Å². The minimum Gasteiger partial charge on any atom is -0.458 e. The molecule has 1 fully saturated rings. The van der Waals surface area contributed by atoms with Crippen LogP contribution in [0.3, 0.4) is 0 Å². The average Bonchev–Trinajstić information content (AvgIpc) is 2.33. The Bertz CT molecular complexity index is 199. The molecule has 0 amide bonds. The van der Waals surface area contributed by atoms with E-state index in [9.17, 15) is 4.79 Å². The van der Waals surface area contributed by atoms with Crippen molar-refractivity contribution in [3.05, 3.63) is 0 Å². The molecule has 1 aliphatic rings. The van der Waals surface area contributed by atoms with E-state index in [4.69, 9.17) is 10.5 Å². The molecular weight excluding hydrogens is 166 g/mol. The van der Waals surface area contributed by atoms with Gasteiger partial charge in [0, 0.05) is 0 Å². The predicted octanol–water partition coefficient (Wildman–Crippen LogP) is 1.60. The fourth-order valence-electron chi connectivity index (χ4n) is 1.58. The molecule has 0 aromatic carbocycles. The molecule has 0 radical (unpaired) electrons. The van der Waals surface area contributed by atoms with E-state index < -0.39 is 5.54 Å². The second-order valence-electron chi connectivity index (χ2n) is 4.77. The smallest absolute Gasteiger partial charge is 0.326 e. The Kier molecular flexibility index (Phi) is 2.66. The molecule has 0 saturated heterocycles. The van der Waals surface area contributed by atoms with E-state index in [0.717, 1.165) is 25.7 Å². The van der Waals surface area contributed by atoms with Crippen LogP contribution in [-0.4, -0.2) is 17.1 Å². The Morgan fingerprint density at radius 3 is 2.23 bits per heavy atom. The average molecular weight is 185 g/mol. The molecule has 0 unspecified atom stereocenters. The lowest BCUT2D eigenvalue weighted by atomic mass is 10.0. The van der Waals surface area contributed by atoms with Crippen LogP contribution in [0, 0.1) is 0 Å². The highest BCUT2D eigenvalue weighted by Gasteiger charge is 2.36. The van der Waals surface area contributed by atoms with Crippen molar-refractivity contribution < 1.29 is 9.53 Å². The van der Waals surface area contributed by atoms with Crippen molar-refractivity contribution in [3.8, 4) is 0 Å². The summed E-state index contributed by atoms with van der Waals surface area (Å²) in [5.41, 5.74) is 4.52. The van der Waals surface area contributed by atoms with Crippen LogP contribution in [0.5, 0.6) is 0 Å². The summed E-state index contributed by atoms with van der Waals surface area (Å²) >= 11 is 0. The second-order valence-corrected chi connectivity index (χ2v) is 4.77. The van der Waals surface area contributed by atoms with Crippen molar-refractivity contribution in [1.29, 1.82) is 0 Å². The van der Waals surface area contributed by atoms with Crippen molar-refractivity contribution in [1.82, 2.24) is 0 Å². The van der Waals surface area contributed by atoms with E-state index in [-0.39, 0.29) is 11.6 Å². The SMILES string of the molecule is CC1(OC(=O)C(C)(C)N)CCCC1. The third-order valence-corrected chi connectivity index (χ3v) is 2.53. The van der Waals surface area contributed by atoms with E-state index in [1.54, 1.807) is 13.8 Å². The van der Waals surface area contributed by atoms with Crippen LogP contribution in [0.4, 0.5) is 0 Å². The van der Waals surface area contributed by atoms with Gasteiger partial charge in [0.2, 0.25) is 0 Å². The molecule has 0 heterocycles. The minimum absolute atomic E-state index is 0.256. The summed E-state index contributed by atoms with van der Waals surface area (Å²) in [5.74, 6) is -0.295. The highest BCUT2D eigenvalue weighted by molar-refractivity contribution is 5.79. The van der Waals surface area contributed by atoms with Gasteiger partial charge in [-0.1, -0.05) is 0 Å². The molecular formula is C10H19NO2. The quantitative estimate of drug-likeness (QED) is 0.665. The predicted molar refractivity (Wildman–Crippen MR) is 51.2 cm³/mol. The van der Waals surface area contributed by atoms with Crippen molar-refractivity contribution in [2.45, 2.75) is 57.6 Å². The lowest BCUT2D eigenvalue weighted by Crippen LogP contribution is -2.46. The van der Waals surface area contributed by atoms with Gasteiger partial charge in [-0.25, -0.2) is 0 Å². The Balaban J connectivity index is 2.53. The molecule has 1 aliphatic carbocycles. The minimum atomic E-state index is -0.869. The molecule has 1 saturated carbocycles. The van der Waals surface area contributed by atoms with Gasteiger partial charge in [-0.2, -0.15) is 0 Å². The Morgan fingerprint density at radius 2 is 1.85 bits per heavy atom. The van der Waals surface area contributed by atoms with Crippen LogP contribution >= 0.6 is 0 Å². The van der Waals surface area contributed by atoms with Crippen LogP contribution in [0.2, 0.25) is 0 Å². The van der Waals surface area contributed by atoms with E-state index in [2.05, 4.69) is 0 Å². The van der Waals surface area contributed by atoms with Gasteiger partial charge in [-0.15, -0.1) is 0 Å². The number of hydrogen-bond acceptors (Lipinski definition) is 3. The first-order valence-corrected chi connectivity index (χ1v) is 4.86. The fourth-order valence-corrected chi connectivity index (χ4v) is 1.58. The number of esters is 1. The van der Waals surface area contributed by atoms with Crippen molar-refractivity contribution in [2.24, 2.45) is 5.73 Å². The van der Waals surface area contributed by atoms with E-state index in [1.165, 1.54) is 0 Å². The zero-order valence-electron chi connectivity index (χ0n) is 8.72. The molecule has 0 atom stereocenters. The fraction of sp³-hybridized carbons (Fsp3) is 0.900. The number of nitrogens with two attached hydrogens (primary N) is 1. The van der Waals surface area contributed by atoms with Gasteiger partial charge < -0.3 is 10.5 Å². The van der Waals surface area contributed by atoms with Crippen LogP contribution in [0.25, 0.3) is 0 Å². The van der Waals surface area contributed by atoms with Crippen LogP contribution in [-0.2, 0) is 9.53 Å². The van der Waals surface area contributed by atoms with Gasteiger partial charge in [0.15, 0.2) is 0 Å². The molecule has 13 heavy (non-hydrogen) atoms. The van der Waals surface area contributed by atoms with Gasteiger partial charge in [0.25, 0.3) is 0 Å². The third kappa shape index (κ3) is 2.69.